The Morgan fingerprint density at radius 2 is 2.09 bits per heavy atom. The van der Waals surface area contributed by atoms with Crippen LogP contribution in [-0.4, -0.2) is 18.2 Å². The Kier molecular flexibility index (Phi) is 7.76. The lowest BCUT2D eigenvalue weighted by Crippen LogP contribution is -1.77. The van der Waals surface area contributed by atoms with E-state index in [1.165, 1.54) is 17.1 Å². The summed E-state index contributed by atoms with van der Waals surface area (Å²) in [5, 5.41) is 0. The van der Waals surface area contributed by atoms with Gasteiger partial charge in [0.2, 0.25) is 0 Å². The van der Waals surface area contributed by atoms with Gasteiger partial charge in [0.25, 0.3) is 0 Å². The third-order valence-corrected chi connectivity index (χ3v) is 2.23. The molecular formula is C9H17NS. The Labute approximate surface area is 74.0 Å². The lowest BCUT2D eigenvalue weighted by molar-refractivity contribution is 0.938. The molecule has 0 unspecified atom stereocenters. The van der Waals surface area contributed by atoms with Gasteiger partial charge in [0.15, 0.2) is 0 Å². The van der Waals surface area contributed by atoms with Crippen LogP contribution in [0.25, 0.3) is 0 Å². The van der Waals surface area contributed by atoms with Gasteiger partial charge in [0, 0.05) is 11.4 Å². The van der Waals surface area contributed by atoms with Crippen molar-refractivity contribution >= 4 is 17.6 Å². The molecule has 0 aliphatic heterocycles. The monoisotopic (exact) mass is 171 g/mol. The predicted octanol–water partition coefficient (Wildman–Crippen LogP) is 3.11. The Bertz CT molecular complexity index is 146. The first-order valence-corrected chi connectivity index (χ1v) is 5.18. The van der Waals surface area contributed by atoms with Gasteiger partial charge < -0.3 is 0 Å². The lowest BCUT2D eigenvalue weighted by atomic mass is 10.5. The van der Waals surface area contributed by atoms with Gasteiger partial charge in [-0.05, 0) is 31.4 Å². The highest BCUT2D eigenvalue weighted by Gasteiger charge is 1.86. The van der Waals surface area contributed by atoms with E-state index in [0.717, 1.165) is 13.0 Å². The van der Waals surface area contributed by atoms with Crippen molar-refractivity contribution < 1.29 is 0 Å². The lowest BCUT2D eigenvalue weighted by Gasteiger charge is -1.92. The molecule has 0 rings (SSSR count). The molecule has 0 aromatic carbocycles. The Balaban J connectivity index is 3.60. The van der Waals surface area contributed by atoms with Crippen LogP contribution in [0, 0.1) is 0 Å². The van der Waals surface area contributed by atoms with Gasteiger partial charge in [-0.25, -0.2) is 4.99 Å². The van der Waals surface area contributed by atoms with Crippen LogP contribution in [0.3, 0.4) is 0 Å². The molecule has 0 heterocycles. The molecule has 0 amide bonds. The van der Waals surface area contributed by atoms with Crippen molar-refractivity contribution in [3.63, 3.8) is 0 Å². The van der Waals surface area contributed by atoms with Gasteiger partial charge in [-0.15, -0.1) is 11.8 Å². The van der Waals surface area contributed by atoms with Crippen molar-refractivity contribution in [3.8, 4) is 0 Å². The molecule has 0 saturated heterocycles. The van der Waals surface area contributed by atoms with Crippen molar-refractivity contribution in [2.24, 2.45) is 4.99 Å². The number of aliphatic imine (C=N–C) groups is 1. The largest absolute Gasteiger partial charge is 0.242 e. The zero-order valence-electron chi connectivity index (χ0n) is 7.68. The van der Waals surface area contributed by atoms with Gasteiger partial charge in [0.05, 0.1) is 0 Å². The molecule has 0 saturated carbocycles. The number of allylic oxidation sites excluding steroid dienone is 1. The topological polar surface area (TPSA) is 12.4 Å². The quantitative estimate of drug-likeness (QED) is 0.579. The van der Waals surface area contributed by atoms with E-state index < -0.39 is 0 Å². The summed E-state index contributed by atoms with van der Waals surface area (Å²) < 4.78 is 0. The van der Waals surface area contributed by atoms with E-state index in [1.807, 2.05) is 11.8 Å². The number of rotatable bonds is 5. The van der Waals surface area contributed by atoms with Gasteiger partial charge in [-0.3, -0.25) is 0 Å². The molecule has 2 heteroatoms. The van der Waals surface area contributed by atoms with E-state index in [0.29, 0.717) is 0 Å². The summed E-state index contributed by atoms with van der Waals surface area (Å²) in [5.74, 6) is 4.20. The molecule has 0 aromatic rings. The van der Waals surface area contributed by atoms with E-state index in [2.05, 4.69) is 31.6 Å². The van der Waals surface area contributed by atoms with Crippen LogP contribution in [0.4, 0.5) is 0 Å². The molecular weight excluding hydrogens is 154 g/mol. The molecule has 64 valence electrons. The fraction of sp³-hybridized carbons (Fsp3) is 0.778. The molecule has 0 atom stereocenters. The van der Waals surface area contributed by atoms with E-state index in [4.69, 9.17) is 0 Å². The minimum atomic E-state index is 0.907. The summed E-state index contributed by atoms with van der Waals surface area (Å²) in [7, 11) is 0. The molecule has 0 aromatic heterocycles. The van der Waals surface area contributed by atoms with Gasteiger partial charge in [-0.2, -0.15) is 0 Å². The van der Waals surface area contributed by atoms with E-state index >= 15 is 0 Å². The third kappa shape index (κ3) is 7.70. The zero-order valence-corrected chi connectivity index (χ0v) is 8.50. The number of hydrogen-bond donors (Lipinski definition) is 0. The molecule has 0 radical (unpaired) electrons. The highest BCUT2D eigenvalue weighted by molar-refractivity contribution is 8.03. The SMILES string of the molecule is CCCN=C=C(C)SCCC. The smallest absolute Gasteiger partial charge is 0.0481 e. The normalized spacial score (nSPS) is 9.00. The molecule has 0 aliphatic carbocycles. The summed E-state index contributed by atoms with van der Waals surface area (Å²) in [6, 6.07) is 0. The van der Waals surface area contributed by atoms with Crippen LogP contribution < -0.4 is 0 Å². The van der Waals surface area contributed by atoms with Crippen molar-refractivity contribution in [1.29, 1.82) is 0 Å². The average Bonchev–Trinajstić information content (AvgIpc) is 2.01. The number of nitrogens with zero attached hydrogens (tertiary/aromatic N) is 1. The first-order chi connectivity index (χ1) is 5.31. The van der Waals surface area contributed by atoms with Crippen LogP contribution in [0.15, 0.2) is 9.90 Å². The summed E-state index contributed by atoms with van der Waals surface area (Å²) in [4.78, 5) is 5.34. The first kappa shape index (κ1) is 10.8. The molecule has 11 heavy (non-hydrogen) atoms. The maximum absolute atomic E-state index is 4.13. The van der Waals surface area contributed by atoms with Crippen molar-refractivity contribution in [2.45, 2.75) is 33.6 Å². The van der Waals surface area contributed by atoms with Crippen molar-refractivity contribution in [2.75, 3.05) is 12.3 Å². The molecule has 0 spiro atoms. The van der Waals surface area contributed by atoms with Crippen LogP contribution in [0.5, 0.6) is 0 Å². The maximum atomic E-state index is 4.13. The first-order valence-electron chi connectivity index (χ1n) is 4.20. The maximum Gasteiger partial charge on any atom is 0.0481 e. The number of hydrogen-bond acceptors (Lipinski definition) is 2. The Hall–Kier alpha value is -0.200. The second kappa shape index (κ2) is 7.90. The summed E-state index contributed by atoms with van der Waals surface area (Å²) in [6.07, 6.45) is 2.33. The highest BCUT2D eigenvalue weighted by atomic mass is 32.2. The summed E-state index contributed by atoms with van der Waals surface area (Å²) in [6.45, 7) is 7.28. The summed E-state index contributed by atoms with van der Waals surface area (Å²) >= 11 is 1.84. The van der Waals surface area contributed by atoms with Crippen LogP contribution in [0.1, 0.15) is 33.6 Å². The molecule has 0 fully saturated rings. The van der Waals surface area contributed by atoms with Crippen LogP contribution in [0.2, 0.25) is 0 Å². The van der Waals surface area contributed by atoms with Crippen molar-refractivity contribution in [1.82, 2.24) is 0 Å². The van der Waals surface area contributed by atoms with Gasteiger partial charge >= 0.3 is 0 Å². The Morgan fingerprint density at radius 3 is 2.64 bits per heavy atom. The standard InChI is InChI=1S/C9H17NS/c1-4-6-10-8-9(3)11-7-5-2/h4-7H2,1-3H3. The zero-order chi connectivity index (χ0) is 8.53. The molecule has 1 nitrogen and oxygen atoms in total. The number of thioether (sulfide) groups is 1. The summed E-state index contributed by atoms with van der Waals surface area (Å²) in [5.41, 5.74) is 0. The predicted molar refractivity (Wildman–Crippen MR) is 54.5 cm³/mol. The van der Waals surface area contributed by atoms with E-state index in [1.54, 1.807) is 0 Å². The molecule has 0 bridgehead atoms. The fourth-order valence-electron chi connectivity index (χ4n) is 0.566. The van der Waals surface area contributed by atoms with E-state index in [9.17, 15) is 0 Å². The Morgan fingerprint density at radius 1 is 1.36 bits per heavy atom. The van der Waals surface area contributed by atoms with Crippen molar-refractivity contribution in [3.05, 3.63) is 4.91 Å². The molecule has 0 N–H and O–H groups in total. The van der Waals surface area contributed by atoms with Crippen LogP contribution >= 0.6 is 11.8 Å². The molecule has 0 aliphatic rings. The van der Waals surface area contributed by atoms with E-state index in [-0.39, 0.29) is 0 Å². The minimum Gasteiger partial charge on any atom is -0.242 e. The minimum absolute atomic E-state index is 0.907. The van der Waals surface area contributed by atoms with Gasteiger partial charge in [-0.1, -0.05) is 13.8 Å². The fourth-order valence-corrected chi connectivity index (χ4v) is 1.21. The second-order valence-electron chi connectivity index (χ2n) is 2.40. The third-order valence-electron chi connectivity index (χ3n) is 1.09. The second-order valence-corrected chi connectivity index (χ2v) is 3.71. The highest BCUT2D eigenvalue weighted by Crippen LogP contribution is 2.11. The average molecular weight is 171 g/mol. The van der Waals surface area contributed by atoms with Crippen LogP contribution in [-0.2, 0) is 0 Å². The van der Waals surface area contributed by atoms with Gasteiger partial charge in [0.1, 0.15) is 0 Å².